The molecule has 0 spiro atoms. The second-order valence-electron chi connectivity index (χ2n) is 9.12. The molecule has 1 fully saturated rings. The number of pyridine rings is 1. The second kappa shape index (κ2) is 13.2. The van der Waals surface area contributed by atoms with E-state index in [4.69, 9.17) is 9.47 Å². The first-order valence-electron chi connectivity index (χ1n) is 12.3. The normalized spacial score (nSPS) is 18.7. The maximum absolute atomic E-state index is 15.0. The summed E-state index contributed by atoms with van der Waals surface area (Å²) in [5.41, 5.74) is 1.10. The van der Waals surface area contributed by atoms with Crippen molar-refractivity contribution in [1.82, 2.24) is 9.88 Å². The lowest BCUT2D eigenvalue weighted by Crippen LogP contribution is -2.42. The van der Waals surface area contributed by atoms with Crippen LogP contribution in [-0.2, 0) is 9.53 Å². The highest BCUT2D eigenvalue weighted by Gasteiger charge is 2.31. The Morgan fingerprint density at radius 2 is 2.19 bits per heavy atom. The number of carbonyl (C=O) groups is 1. The van der Waals surface area contributed by atoms with Crippen molar-refractivity contribution < 1.29 is 23.9 Å². The third-order valence-corrected chi connectivity index (χ3v) is 9.08. The van der Waals surface area contributed by atoms with Crippen LogP contribution in [0.15, 0.2) is 51.3 Å². The Morgan fingerprint density at radius 3 is 2.92 bits per heavy atom. The number of thioether (sulfide) groups is 1. The molecule has 1 aromatic carbocycles. The van der Waals surface area contributed by atoms with Gasteiger partial charge in [-0.05, 0) is 67.3 Å². The highest BCUT2D eigenvalue weighted by atomic mass is 32.2. The monoisotopic (exact) mass is 545 g/mol. The van der Waals surface area contributed by atoms with Crippen molar-refractivity contribution in [2.75, 3.05) is 39.6 Å². The summed E-state index contributed by atoms with van der Waals surface area (Å²) >= 11 is 3.60. The average Bonchev–Trinajstić information content (AvgIpc) is 3.44. The Kier molecular flexibility index (Phi) is 9.76. The minimum Gasteiger partial charge on any atom is -0.497 e. The molecule has 1 N–H and O–H groups in total. The zero-order valence-corrected chi connectivity index (χ0v) is 22.7. The predicted octanol–water partition coefficient (Wildman–Crippen LogP) is 5.70. The van der Waals surface area contributed by atoms with Gasteiger partial charge in [-0.25, -0.2) is 4.39 Å². The molecule has 7 nitrogen and oxygen atoms in total. The number of hydrogen-bond acceptors (Lipinski definition) is 9. The van der Waals surface area contributed by atoms with Crippen LogP contribution in [-0.4, -0.2) is 66.4 Å². The summed E-state index contributed by atoms with van der Waals surface area (Å²) in [6, 6.07) is 9.42. The molecule has 3 aromatic rings. The van der Waals surface area contributed by atoms with Gasteiger partial charge in [-0.2, -0.15) is 0 Å². The number of oxime groups is 1. The summed E-state index contributed by atoms with van der Waals surface area (Å²) in [4.78, 5) is 18.8. The number of esters is 1. The quantitative estimate of drug-likeness (QED) is 0.109. The zero-order valence-electron chi connectivity index (χ0n) is 21.1. The van der Waals surface area contributed by atoms with Crippen molar-refractivity contribution in [3.05, 3.63) is 53.3 Å². The lowest BCUT2D eigenvalue weighted by molar-refractivity contribution is -0.142. The number of nitrogens with zero attached hydrogens (tertiary/aromatic N) is 3. The first kappa shape index (κ1) is 27.3. The largest absolute Gasteiger partial charge is 0.497 e. The van der Waals surface area contributed by atoms with Crippen LogP contribution in [0.2, 0.25) is 0 Å². The second-order valence-corrected chi connectivity index (χ2v) is 11.5. The maximum Gasteiger partial charge on any atom is 0.305 e. The predicted molar refractivity (Wildman–Crippen MR) is 146 cm³/mol. The van der Waals surface area contributed by atoms with E-state index < -0.39 is 5.82 Å². The van der Waals surface area contributed by atoms with Crippen LogP contribution in [0.25, 0.3) is 10.9 Å². The summed E-state index contributed by atoms with van der Waals surface area (Å²) in [5, 5.41) is 16.0. The van der Waals surface area contributed by atoms with E-state index in [-0.39, 0.29) is 29.1 Å². The Labute approximate surface area is 224 Å². The molecule has 2 aromatic heterocycles. The fraction of sp³-hybridized carbons (Fsp3) is 0.444. The summed E-state index contributed by atoms with van der Waals surface area (Å²) in [6.07, 6.45) is 3.46. The first-order valence-corrected chi connectivity index (χ1v) is 14.2. The molecule has 1 saturated heterocycles. The van der Waals surface area contributed by atoms with Gasteiger partial charge in [0.2, 0.25) is 0 Å². The van der Waals surface area contributed by atoms with Gasteiger partial charge in [0, 0.05) is 36.2 Å². The fourth-order valence-electron chi connectivity index (χ4n) is 5.00. The minimum absolute atomic E-state index is 0.118. The standard InChI is InChI=1S/C27H32FN3O4S2/c1-34-20-6-8-23-21(15-20)27(22(28)16-29-23)24(30-33)7-5-18-9-10-31(17-19(18)14-25(32)35-2)11-13-37-26-4-3-12-36-26/h3-4,6,8,12,15-16,18-19,33H,5,7,9-11,13-14,17H2,1-2H3. The molecule has 0 bridgehead atoms. The van der Waals surface area contributed by atoms with Gasteiger partial charge in [0.1, 0.15) is 5.75 Å². The lowest BCUT2D eigenvalue weighted by atomic mass is 9.79. The third kappa shape index (κ3) is 7.00. The smallest absolute Gasteiger partial charge is 0.305 e. The Balaban J connectivity index is 1.44. The number of halogens is 1. The van der Waals surface area contributed by atoms with Crippen LogP contribution in [0.4, 0.5) is 4.39 Å². The van der Waals surface area contributed by atoms with Gasteiger partial charge in [0.05, 0.1) is 35.9 Å². The fourth-order valence-corrected chi connectivity index (χ4v) is 6.87. The number of carbonyl (C=O) groups excluding carboxylic acids is 1. The van der Waals surface area contributed by atoms with Crippen molar-refractivity contribution in [3.63, 3.8) is 0 Å². The van der Waals surface area contributed by atoms with E-state index in [0.717, 1.165) is 38.0 Å². The lowest BCUT2D eigenvalue weighted by Gasteiger charge is -2.38. The van der Waals surface area contributed by atoms with Crippen LogP contribution in [0.1, 0.15) is 31.2 Å². The topological polar surface area (TPSA) is 84.2 Å². The van der Waals surface area contributed by atoms with E-state index >= 15 is 0 Å². The van der Waals surface area contributed by atoms with E-state index in [0.29, 0.717) is 35.9 Å². The number of thiophene rings is 1. The number of methoxy groups -OCH3 is 2. The number of benzene rings is 1. The Bertz CT molecular complexity index is 1220. The molecule has 0 amide bonds. The average molecular weight is 546 g/mol. The van der Waals surface area contributed by atoms with Gasteiger partial charge in [-0.15, -0.1) is 23.1 Å². The van der Waals surface area contributed by atoms with Crippen LogP contribution < -0.4 is 4.74 Å². The Morgan fingerprint density at radius 1 is 1.32 bits per heavy atom. The van der Waals surface area contributed by atoms with E-state index in [9.17, 15) is 14.4 Å². The van der Waals surface area contributed by atoms with Crippen LogP contribution in [0.5, 0.6) is 5.75 Å². The third-order valence-electron chi connectivity index (χ3n) is 6.97. The summed E-state index contributed by atoms with van der Waals surface area (Å²) in [6.45, 7) is 2.69. The molecule has 4 rings (SSSR count). The zero-order chi connectivity index (χ0) is 26.2. The molecular weight excluding hydrogens is 513 g/mol. The Hall–Kier alpha value is -2.69. The summed E-state index contributed by atoms with van der Waals surface area (Å²) < 4.78 is 26.6. The van der Waals surface area contributed by atoms with Crippen LogP contribution in [0.3, 0.4) is 0 Å². The molecule has 0 saturated carbocycles. The van der Waals surface area contributed by atoms with E-state index in [1.807, 2.05) is 11.8 Å². The van der Waals surface area contributed by atoms with Gasteiger partial charge < -0.3 is 19.6 Å². The molecular formula is C27H32FN3O4S2. The molecule has 2 unspecified atom stereocenters. The molecule has 1 aliphatic heterocycles. The number of rotatable bonds is 11. The van der Waals surface area contributed by atoms with Crippen molar-refractivity contribution >= 4 is 45.7 Å². The van der Waals surface area contributed by atoms with Gasteiger partial charge >= 0.3 is 5.97 Å². The number of likely N-dealkylation sites (tertiary alicyclic amines) is 1. The van der Waals surface area contributed by atoms with Crippen molar-refractivity contribution in [1.29, 1.82) is 0 Å². The van der Waals surface area contributed by atoms with Crippen LogP contribution >= 0.6 is 23.1 Å². The number of aromatic nitrogens is 1. The SMILES string of the molecule is COC(=O)CC1CN(CCSc2cccs2)CCC1CCC(=NO)c1c(F)cnc2ccc(OC)cc12. The number of hydrogen-bond donors (Lipinski definition) is 1. The molecule has 198 valence electrons. The van der Waals surface area contributed by atoms with E-state index in [1.165, 1.54) is 11.3 Å². The summed E-state index contributed by atoms with van der Waals surface area (Å²) in [5.74, 6) is 1.14. The van der Waals surface area contributed by atoms with Gasteiger partial charge in [-0.1, -0.05) is 11.2 Å². The molecule has 0 radical (unpaired) electrons. The highest BCUT2D eigenvalue weighted by molar-refractivity contribution is 8.01. The molecule has 2 atom stereocenters. The first-order chi connectivity index (χ1) is 18.0. The number of ether oxygens (including phenoxy) is 2. The van der Waals surface area contributed by atoms with Crippen LogP contribution in [0, 0.1) is 17.7 Å². The summed E-state index contributed by atoms with van der Waals surface area (Å²) in [7, 11) is 2.96. The minimum atomic E-state index is -0.544. The number of piperidine rings is 1. The van der Waals surface area contributed by atoms with Crippen molar-refractivity contribution in [2.24, 2.45) is 17.0 Å². The highest BCUT2D eigenvalue weighted by Crippen LogP contribution is 2.33. The molecule has 10 heteroatoms. The van der Waals surface area contributed by atoms with Gasteiger partial charge in [0.25, 0.3) is 0 Å². The van der Waals surface area contributed by atoms with E-state index in [2.05, 4.69) is 32.6 Å². The molecule has 1 aliphatic rings. The van der Waals surface area contributed by atoms with Crippen molar-refractivity contribution in [3.8, 4) is 5.75 Å². The molecule has 3 heterocycles. The molecule has 37 heavy (non-hydrogen) atoms. The van der Waals surface area contributed by atoms with Crippen molar-refractivity contribution in [2.45, 2.75) is 29.9 Å². The molecule has 0 aliphatic carbocycles. The van der Waals surface area contributed by atoms with Gasteiger partial charge in [0.15, 0.2) is 5.82 Å². The number of fused-ring (bicyclic) bond motifs is 1. The van der Waals surface area contributed by atoms with E-state index in [1.54, 1.807) is 36.6 Å². The van der Waals surface area contributed by atoms with Gasteiger partial charge in [-0.3, -0.25) is 9.78 Å². The maximum atomic E-state index is 15.0.